The molecule has 0 spiro atoms. The van der Waals surface area contributed by atoms with Crippen molar-refractivity contribution in [3.8, 4) is 0 Å². The number of nitrogens with zero attached hydrogens (tertiary/aromatic N) is 2. The van der Waals surface area contributed by atoms with Gasteiger partial charge >= 0.3 is 0 Å². The minimum Gasteiger partial charge on any atom is -0.396 e. The summed E-state index contributed by atoms with van der Waals surface area (Å²) in [5.41, 5.74) is 1.41. The summed E-state index contributed by atoms with van der Waals surface area (Å²) in [4.78, 5) is 4.26. The van der Waals surface area contributed by atoms with E-state index in [1.807, 2.05) is 12.5 Å². The second kappa shape index (κ2) is 5.63. The highest BCUT2D eigenvalue weighted by atomic mass is 16.3. The van der Waals surface area contributed by atoms with Crippen molar-refractivity contribution in [2.24, 2.45) is 5.41 Å². The lowest BCUT2D eigenvalue weighted by Gasteiger charge is -2.35. The average Bonchev–Trinajstić information content (AvgIpc) is 3.20. The molecule has 4 heteroatoms. The van der Waals surface area contributed by atoms with Gasteiger partial charge in [0.2, 0.25) is 0 Å². The molecule has 3 rings (SSSR count). The number of hydrogen-bond acceptors (Lipinski definition) is 3. The van der Waals surface area contributed by atoms with E-state index in [-0.39, 0.29) is 5.41 Å². The molecule has 2 saturated carbocycles. The van der Waals surface area contributed by atoms with Crippen molar-refractivity contribution in [1.29, 1.82) is 0 Å². The van der Waals surface area contributed by atoms with E-state index in [9.17, 15) is 5.11 Å². The Balaban J connectivity index is 1.52. The van der Waals surface area contributed by atoms with Gasteiger partial charge in [0.05, 0.1) is 12.0 Å². The fraction of sp³-hybridized carbons (Fsp3) is 0.800. The summed E-state index contributed by atoms with van der Waals surface area (Å²) in [7, 11) is 0. The summed E-state index contributed by atoms with van der Waals surface area (Å²) in [6, 6.07) is 0.695. The van der Waals surface area contributed by atoms with E-state index < -0.39 is 0 Å². The van der Waals surface area contributed by atoms with Gasteiger partial charge in [0.15, 0.2) is 0 Å². The van der Waals surface area contributed by atoms with Gasteiger partial charge < -0.3 is 15.0 Å². The van der Waals surface area contributed by atoms with Crippen molar-refractivity contribution in [1.82, 2.24) is 14.9 Å². The van der Waals surface area contributed by atoms with Crippen LogP contribution >= 0.6 is 0 Å². The molecular formula is C15H25N3O. The third-order valence-corrected chi connectivity index (χ3v) is 4.74. The number of rotatable bonds is 6. The summed E-state index contributed by atoms with van der Waals surface area (Å²) < 4.78 is 2.31. The zero-order chi connectivity index (χ0) is 13.1. The van der Waals surface area contributed by atoms with E-state index in [4.69, 9.17) is 0 Å². The molecular weight excluding hydrogens is 238 g/mol. The van der Waals surface area contributed by atoms with Crippen LogP contribution in [0.5, 0.6) is 0 Å². The van der Waals surface area contributed by atoms with Crippen molar-refractivity contribution in [3.05, 3.63) is 18.2 Å². The molecule has 19 heavy (non-hydrogen) atoms. The quantitative estimate of drug-likeness (QED) is 0.827. The van der Waals surface area contributed by atoms with E-state index in [0.717, 1.165) is 13.1 Å². The molecule has 106 valence electrons. The van der Waals surface area contributed by atoms with Gasteiger partial charge in [-0.15, -0.1) is 0 Å². The van der Waals surface area contributed by atoms with Gasteiger partial charge in [-0.1, -0.05) is 19.3 Å². The Morgan fingerprint density at radius 2 is 2.11 bits per heavy atom. The molecule has 0 radical (unpaired) electrons. The van der Waals surface area contributed by atoms with E-state index in [0.29, 0.717) is 12.6 Å². The Hall–Kier alpha value is -0.870. The lowest BCUT2D eigenvalue weighted by atomic mass is 9.74. The van der Waals surface area contributed by atoms with Crippen LogP contribution in [0.15, 0.2) is 12.5 Å². The first kappa shape index (κ1) is 13.1. The number of imidazole rings is 1. The van der Waals surface area contributed by atoms with Crippen LogP contribution < -0.4 is 5.32 Å². The lowest BCUT2D eigenvalue weighted by molar-refractivity contribution is 0.0809. The first-order valence-corrected chi connectivity index (χ1v) is 7.65. The molecule has 2 fully saturated rings. The van der Waals surface area contributed by atoms with Crippen LogP contribution in [0, 0.1) is 5.41 Å². The molecule has 0 aromatic carbocycles. The maximum absolute atomic E-state index is 9.69. The summed E-state index contributed by atoms with van der Waals surface area (Å²) in [5, 5.41) is 13.2. The minimum absolute atomic E-state index is 0.128. The standard InChI is InChI=1S/C15H25N3O/c19-11-15(6-2-1-3-7-15)10-16-8-14-9-17-12-18(14)13-4-5-13/h9,12-13,16,19H,1-8,10-11H2. The molecule has 0 unspecified atom stereocenters. The Bertz CT molecular complexity index is 405. The number of aliphatic hydroxyl groups excluding tert-OH is 1. The highest BCUT2D eigenvalue weighted by Gasteiger charge is 2.31. The predicted octanol–water partition coefficient (Wildman–Crippen LogP) is 2.25. The zero-order valence-corrected chi connectivity index (χ0v) is 11.6. The predicted molar refractivity (Wildman–Crippen MR) is 74.8 cm³/mol. The summed E-state index contributed by atoms with van der Waals surface area (Å²) in [6.07, 6.45) is 12.7. The van der Waals surface area contributed by atoms with E-state index >= 15 is 0 Å². The fourth-order valence-electron chi connectivity index (χ4n) is 3.30. The molecule has 2 aliphatic carbocycles. The largest absolute Gasteiger partial charge is 0.396 e. The van der Waals surface area contributed by atoms with Crippen molar-refractivity contribution in [2.45, 2.75) is 57.5 Å². The normalized spacial score (nSPS) is 22.6. The topological polar surface area (TPSA) is 50.1 Å². The van der Waals surface area contributed by atoms with Crippen LogP contribution in [0.4, 0.5) is 0 Å². The molecule has 0 aliphatic heterocycles. The van der Waals surface area contributed by atoms with Crippen LogP contribution in [0.1, 0.15) is 56.7 Å². The summed E-state index contributed by atoms with van der Waals surface area (Å²) >= 11 is 0. The SMILES string of the molecule is OCC1(CNCc2cncn2C2CC2)CCCCC1. The van der Waals surface area contributed by atoms with Crippen molar-refractivity contribution in [3.63, 3.8) is 0 Å². The van der Waals surface area contributed by atoms with Gasteiger partial charge in [0, 0.05) is 37.4 Å². The van der Waals surface area contributed by atoms with Crippen LogP contribution in [-0.4, -0.2) is 27.8 Å². The summed E-state index contributed by atoms with van der Waals surface area (Å²) in [6.45, 7) is 2.12. The van der Waals surface area contributed by atoms with E-state index in [1.165, 1.54) is 50.6 Å². The average molecular weight is 263 g/mol. The first-order valence-electron chi connectivity index (χ1n) is 7.65. The van der Waals surface area contributed by atoms with Crippen molar-refractivity contribution >= 4 is 0 Å². The van der Waals surface area contributed by atoms with Crippen LogP contribution in [0.3, 0.4) is 0 Å². The van der Waals surface area contributed by atoms with Gasteiger partial charge in [-0.3, -0.25) is 0 Å². The first-order chi connectivity index (χ1) is 9.33. The maximum Gasteiger partial charge on any atom is 0.0951 e. The number of aromatic nitrogens is 2. The minimum atomic E-state index is 0.128. The Labute approximate surface area is 115 Å². The molecule has 1 aromatic rings. The Morgan fingerprint density at radius 1 is 1.32 bits per heavy atom. The fourth-order valence-corrected chi connectivity index (χ4v) is 3.30. The van der Waals surface area contributed by atoms with Gasteiger partial charge in [0.1, 0.15) is 0 Å². The van der Waals surface area contributed by atoms with Crippen LogP contribution in [-0.2, 0) is 6.54 Å². The molecule has 2 N–H and O–H groups in total. The van der Waals surface area contributed by atoms with Gasteiger partial charge in [-0.05, 0) is 25.7 Å². The molecule has 1 aromatic heterocycles. The third-order valence-electron chi connectivity index (χ3n) is 4.74. The second-order valence-electron chi connectivity index (χ2n) is 6.35. The zero-order valence-electron chi connectivity index (χ0n) is 11.6. The monoisotopic (exact) mass is 263 g/mol. The molecule has 0 amide bonds. The number of hydrogen-bond donors (Lipinski definition) is 2. The summed E-state index contributed by atoms with van der Waals surface area (Å²) in [5.74, 6) is 0. The Kier molecular flexibility index (Phi) is 3.89. The van der Waals surface area contributed by atoms with Crippen molar-refractivity contribution < 1.29 is 5.11 Å². The maximum atomic E-state index is 9.69. The highest BCUT2D eigenvalue weighted by molar-refractivity contribution is 5.03. The van der Waals surface area contributed by atoms with Gasteiger partial charge in [-0.25, -0.2) is 4.98 Å². The molecule has 0 saturated heterocycles. The highest BCUT2D eigenvalue weighted by Crippen LogP contribution is 2.36. The molecule has 4 nitrogen and oxygen atoms in total. The molecule has 2 aliphatic rings. The second-order valence-corrected chi connectivity index (χ2v) is 6.35. The van der Waals surface area contributed by atoms with Gasteiger partial charge in [-0.2, -0.15) is 0 Å². The van der Waals surface area contributed by atoms with Crippen molar-refractivity contribution in [2.75, 3.05) is 13.2 Å². The van der Waals surface area contributed by atoms with Crippen LogP contribution in [0.25, 0.3) is 0 Å². The Morgan fingerprint density at radius 3 is 2.79 bits per heavy atom. The smallest absolute Gasteiger partial charge is 0.0951 e. The van der Waals surface area contributed by atoms with E-state index in [1.54, 1.807) is 0 Å². The molecule has 0 atom stereocenters. The number of nitrogens with one attached hydrogen (secondary N) is 1. The van der Waals surface area contributed by atoms with E-state index in [2.05, 4.69) is 14.9 Å². The van der Waals surface area contributed by atoms with Crippen LogP contribution in [0.2, 0.25) is 0 Å². The van der Waals surface area contributed by atoms with Gasteiger partial charge in [0.25, 0.3) is 0 Å². The molecule has 1 heterocycles. The number of aliphatic hydroxyl groups is 1. The lowest BCUT2D eigenvalue weighted by Crippen LogP contribution is -2.39. The third kappa shape index (κ3) is 3.00. The molecule has 0 bridgehead atoms.